The SMILES string of the molecule is N#CC(=Cc1cc(Br)cc(Br)c1OCc1ccc(Cl)cc1Cl)c1nc2ccccc2[nH]1. The lowest BCUT2D eigenvalue weighted by Crippen LogP contribution is -1.99. The van der Waals surface area contributed by atoms with Gasteiger partial charge in [0.2, 0.25) is 0 Å². The zero-order chi connectivity index (χ0) is 22.0. The number of halogens is 4. The van der Waals surface area contributed by atoms with E-state index in [0.717, 1.165) is 25.5 Å². The maximum atomic E-state index is 9.79. The highest BCUT2D eigenvalue weighted by atomic mass is 79.9. The molecule has 3 aromatic carbocycles. The minimum Gasteiger partial charge on any atom is -0.487 e. The van der Waals surface area contributed by atoms with Gasteiger partial charge in [-0.2, -0.15) is 5.26 Å². The molecule has 0 bridgehead atoms. The zero-order valence-corrected chi connectivity index (χ0v) is 20.5. The van der Waals surface area contributed by atoms with Crippen LogP contribution >= 0.6 is 55.1 Å². The van der Waals surface area contributed by atoms with E-state index in [1.807, 2.05) is 42.5 Å². The van der Waals surface area contributed by atoms with Crippen molar-refractivity contribution in [2.45, 2.75) is 6.61 Å². The van der Waals surface area contributed by atoms with E-state index in [0.29, 0.717) is 32.8 Å². The molecule has 31 heavy (non-hydrogen) atoms. The van der Waals surface area contributed by atoms with Crippen molar-refractivity contribution in [2.75, 3.05) is 0 Å². The van der Waals surface area contributed by atoms with E-state index in [4.69, 9.17) is 27.9 Å². The molecule has 1 aromatic heterocycles. The summed E-state index contributed by atoms with van der Waals surface area (Å²) >= 11 is 19.3. The van der Waals surface area contributed by atoms with Gasteiger partial charge in [0, 0.05) is 25.6 Å². The largest absolute Gasteiger partial charge is 0.487 e. The van der Waals surface area contributed by atoms with E-state index in [2.05, 4.69) is 47.9 Å². The Morgan fingerprint density at radius 1 is 1.13 bits per heavy atom. The van der Waals surface area contributed by atoms with Crippen molar-refractivity contribution in [3.05, 3.63) is 90.5 Å². The Hall–Kier alpha value is -2.30. The number of nitriles is 1. The highest BCUT2D eigenvalue weighted by molar-refractivity contribution is 9.11. The molecule has 1 heterocycles. The Bertz CT molecular complexity index is 1330. The van der Waals surface area contributed by atoms with Gasteiger partial charge in [0.1, 0.15) is 24.3 Å². The number of benzene rings is 3. The standard InChI is InChI=1S/C23H13Br2Cl2N3O/c24-16-8-14(7-15(11-28)23-29-20-3-1-2-4-21(20)30-23)22(18(25)9-16)31-12-13-5-6-17(26)10-19(13)27/h1-10H,12H2,(H,29,30). The van der Waals surface area contributed by atoms with E-state index in [1.54, 1.807) is 18.2 Å². The second-order valence-corrected chi connectivity index (χ2v) is 9.22. The Balaban J connectivity index is 1.72. The van der Waals surface area contributed by atoms with Gasteiger partial charge in [-0.3, -0.25) is 0 Å². The van der Waals surface area contributed by atoms with Crippen molar-refractivity contribution in [2.24, 2.45) is 0 Å². The Labute approximate surface area is 205 Å². The van der Waals surface area contributed by atoms with Crippen molar-refractivity contribution < 1.29 is 4.74 Å². The molecule has 0 saturated carbocycles. The summed E-state index contributed by atoms with van der Waals surface area (Å²) in [5.74, 6) is 1.07. The van der Waals surface area contributed by atoms with Gasteiger partial charge in [0.05, 0.1) is 21.1 Å². The number of hydrogen-bond donors (Lipinski definition) is 1. The van der Waals surface area contributed by atoms with Gasteiger partial charge in [0.25, 0.3) is 0 Å². The Morgan fingerprint density at radius 2 is 1.94 bits per heavy atom. The number of imidazole rings is 1. The van der Waals surface area contributed by atoms with Crippen LogP contribution in [0.4, 0.5) is 0 Å². The molecule has 0 radical (unpaired) electrons. The van der Waals surface area contributed by atoms with Gasteiger partial charge in [-0.15, -0.1) is 0 Å². The smallest absolute Gasteiger partial charge is 0.149 e. The van der Waals surface area contributed by atoms with E-state index in [9.17, 15) is 5.26 Å². The summed E-state index contributed by atoms with van der Waals surface area (Å²) in [6.45, 7) is 0.240. The van der Waals surface area contributed by atoms with Crippen LogP contribution < -0.4 is 4.74 Å². The number of nitrogens with one attached hydrogen (secondary N) is 1. The third-order valence-electron chi connectivity index (χ3n) is 4.49. The molecule has 0 unspecified atom stereocenters. The molecule has 4 rings (SSSR count). The quantitative estimate of drug-likeness (QED) is 0.244. The van der Waals surface area contributed by atoms with Crippen LogP contribution in [0, 0.1) is 11.3 Å². The summed E-state index contributed by atoms with van der Waals surface area (Å²) < 4.78 is 7.66. The van der Waals surface area contributed by atoms with Gasteiger partial charge >= 0.3 is 0 Å². The molecular weight excluding hydrogens is 565 g/mol. The van der Waals surface area contributed by atoms with Gasteiger partial charge in [-0.25, -0.2) is 4.98 Å². The van der Waals surface area contributed by atoms with Gasteiger partial charge in [0.15, 0.2) is 0 Å². The van der Waals surface area contributed by atoms with Crippen LogP contribution in [0.15, 0.2) is 63.5 Å². The number of fused-ring (bicyclic) bond motifs is 1. The first-order valence-electron chi connectivity index (χ1n) is 9.07. The molecule has 0 saturated heterocycles. The number of allylic oxidation sites excluding steroid dienone is 1. The van der Waals surface area contributed by atoms with Crippen molar-refractivity contribution >= 4 is 77.7 Å². The van der Waals surface area contributed by atoms with E-state index in [1.165, 1.54) is 0 Å². The number of hydrogen-bond acceptors (Lipinski definition) is 3. The maximum Gasteiger partial charge on any atom is 0.149 e. The molecule has 154 valence electrons. The molecule has 0 aliphatic heterocycles. The molecule has 0 amide bonds. The van der Waals surface area contributed by atoms with Crippen molar-refractivity contribution in [1.29, 1.82) is 5.26 Å². The molecule has 1 N–H and O–H groups in total. The molecule has 0 spiro atoms. The average Bonchev–Trinajstić information content (AvgIpc) is 3.16. The molecule has 0 fully saturated rings. The van der Waals surface area contributed by atoms with Gasteiger partial charge < -0.3 is 9.72 Å². The van der Waals surface area contributed by atoms with Gasteiger partial charge in [-0.05, 0) is 58.4 Å². The minimum absolute atomic E-state index is 0.240. The fourth-order valence-corrected chi connectivity index (χ4v) is 4.85. The zero-order valence-electron chi connectivity index (χ0n) is 15.8. The lowest BCUT2D eigenvalue weighted by atomic mass is 10.1. The van der Waals surface area contributed by atoms with Crippen LogP contribution in [0.5, 0.6) is 5.75 Å². The fraction of sp³-hybridized carbons (Fsp3) is 0.0435. The lowest BCUT2D eigenvalue weighted by Gasteiger charge is -2.13. The van der Waals surface area contributed by atoms with Crippen LogP contribution in [0.1, 0.15) is 17.0 Å². The first-order chi connectivity index (χ1) is 14.9. The number of rotatable bonds is 5. The number of nitrogens with zero attached hydrogens (tertiary/aromatic N) is 2. The number of H-pyrrole nitrogens is 1. The molecular formula is C23H13Br2Cl2N3O. The normalized spacial score (nSPS) is 11.5. The van der Waals surface area contributed by atoms with E-state index < -0.39 is 0 Å². The predicted octanol–water partition coefficient (Wildman–Crippen LogP) is 8.04. The average molecular weight is 578 g/mol. The topological polar surface area (TPSA) is 61.7 Å². The van der Waals surface area contributed by atoms with Crippen molar-refractivity contribution in [3.8, 4) is 11.8 Å². The molecule has 0 atom stereocenters. The van der Waals surface area contributed by atoms with Crippen LogP contribution in [-0.4, -0.2) is 9.97 Å². The second-order valence-electron chi connectivity index (χ2n) is 6.60. The van der Waals surface area contributed by atoms with Crippen molar-refractivity contribution in [3.63, 3.8) is 0 Å². The van der Waals surface area contributed by atoms with Crippen molar-refractivity contribution in [1.82, 2.24) is 9.97 Å². The minimum atomic E-state index is 0.240. The molecule has 0 aliphatic rings. The van der Waals surface area contributed by atoms with Crippen LogP contribution in [0.3, 0.4) is 0 Å². The van der Waals surface area contributed by atoms with Gasteiger partial charge in [-0.1, -0.05) is 57.3 Å². The highest BCUT2D eigenvalue weighted by Gasteiger charge is 2.14. The number of ether oxygens (including phenoxy) is 1. The first kappa shape index (κ1) is 21.9. The highest BCUT2D eigenvalue weighted by Crippen LogP contribution is 2.36. The summed E-state index contributed by atoms with van der Waals surface area (Å²) in [6, 6.07) is 18.9. The third kappa shape index (κ3) is 4.97. The number of aromatic amines is 1. The summed E-state index contributed by atoms with van der Waals surface area (Å²) in [5, 5.41) is 10.9. The number of aromatic nitrogens is 2. The number of para-hydroxylation sites is 2. The van der Waals surface area contributed by atoms with Crippen LogP contribution in [-0.2, 0) is 6.61 Å². The monoisotopic (exact) mass is 575 g/mol. The summed E-state index contributed by atoms with van der Waals surface area (Å²) in [6.07, 6.45) is 1.74. The summed E-state index contributed by atoms with van der Waals surface area (Å²) in [5.41, 5.74) is 3.55. The Kier molecular flexibility index (Phi) is 6.68. The molecule has 0 aliphatic carbocycles. The lowest BCUT2D eigenvalue weighted by molar-refractivity contribution is 0.303. The predicted molar refractivity (Wildman–Crippen MR) is 132 cm³/mol. The van der Waals surface area contributed by atoms with Crippen LogP contribution in [0.25, 0.3) is 22.7 Å². The first-order valence-corrected chi connectivity index (χ1v) is 11.4. The second kappa shape index (κ2) is 9.46. The van der Waals surface area contributed by atoms with Crippen LogP contribution in [0.2, 0.25) is 10.0 Å². The molecule has 4 nitrogen and oxygen atoms in total. The van der Waals surface area contributed by atoms with E-state index >= 15 is 0 Å². The Morgan fingerprint density at radius 3 is 2.68 bits per heavy atom. The molecule has 4 aromatic rings. The summed E-state index contributed by atoms with van der Waals surface area (Å²) in [4.78, 5) is 7.72. The summed E-state index contributed by atoms with van der Waals surface area (Å²) in [7, 11) is 0. The maximum absolute atomic E-state index is 9.79. The fourth-order valence-electron chi connectivity index (χ4n) is 3.02. The van der Waals surface area contributed by atoms with E-state index in [-0.39, 0.29) is 6.61 Å². The molecule has 8 heteroatoms. The third-order valence-corrected chi connectivity index (χ3v) is 6.12.